The standard InChI is InChI=1S/C24H20N4O4S2/c1-14-9-11-15(12-10-14)27-23(30)21-16-5-4-8-19(16)34-22(21)26-24(27)33-13-20(29)25-17-6-2-3-7-18(17)28(31)32/h2-3,6-7,9-12H,4-5,8,13H2,1H3,(H,25,29). The lowest BCUT2D eigenvalue weighted by Crippen LogP contribution is -2.23. The molecule has 1 aliphatic rings. The molecule has 0 atom stereocenters. The summed E-state index contributed by atoms with van der Waals surface area (Å²) in [7, 11) is 0. The maximum atomic E-state index is 13.7. The van der Waals surface area contributed by atoms with Crippen LogP contribution in [0.1, 0.15) is 22.4 Å². The average Bonchev–Trinajstić information content (AvgIpc) is 3.40. The highest BCUT2D eigenvalue weighted by molar-refractivity contribution is 7.99. The van der Waals surface area contributed by atoms with Crippen molar-refractivity contribution in [1.82, 2.24) is 9.55 Å². The lowest BCUT2D eigenvalue weighted by Gasteiger charge is -2.13. The molecular weight excluding hydrogens is 472 g/mol. The van der Waals surface area contributed by atoms with Gasteiger partial charge in [0.1, 0.15) is 10.5 Å². The molecule has 2 heterocycles. The number of thioether (sulfide) groups is 1. The van der Waals surface area contributed by atoms with Crippen molar-refractivity contribution in [1.29, 1.82) is 0 Å². The van der Waals surface area contributed by atoms with Gasteiger partial charge in [0.05, 0.1) is 21.7 Å². The van der Waals surface area contributed by atoms with Gasteiger partial charge in [-0.15, -0.1) is 11.3 Å². The number of fused-ring (bicyclic) bond motifs is 3. The van der Waals surface area contributed by atoms with Gasteiger partial charge in [-0.3, -0.25) is 24.3 Å². The summed E-state index contributed by atoms with van der Waals surface area (Å²) in [4.78, 5) is 43.7. The number of benzene rings is 2. The van der Waals surface area contributed by atoms with Crippen molar-refractivity contribution >= 4 is 50.6 Å². The van der Waals surface area contributed by atoms with Crippen LogP contribution in [0.25, 0.3) is 15.9 Å². The van der Waals surface area contributed by atoms with E-state index in [9.17, 15) is 19.7 Å². The maximum Gasteiger partial charge on any atom is 0.292 e. The molecule has 1 amide bonds. The molecular formula is C24H20N4O4S2. The molecule has 0 spiro atoms. The summed E-state index contributed by atoms with van der Waals surface area (Å²) in [6.45, 7) is 1.97. The number of aryl methyl sites for hydroxylation is 3. The van der Waals surface area contributed by atoms with Gasteiger partial charge in [-0.2, -0.15) is 0 Å². The number of anilines is 1. The number of thiophene rings is 1. The molecule has 0 fully saturated rings. The maximum absolute atomic E-state index is 13.7. The summed E-state index contributed by atoms with van der Waals surface area (Å²) in [5.41, 5.74) is 2.68. The number of amides is 1. The Hall–Kier alpha value is -3.50. The van der Waals surface area contributed by atoms with E-state index in [1.165, 1.54) is 17.0 Å². The first-order valence-electron chi connectivity index (χ1n) is 10.7. The van der Waals surface area contributed by atoms with Gasteiger partial charge in [-0.1, -0.05) is 41.6 Å². The number of carbonyl (C=O) groups excluding carboxylic acids is 1. The zero-order valence-electron chi connectivity index (χ0n) is 18.2. The highest BCUT2D eigenvalue weighted by atomic mass is 32.2. The van der Waals surface area contributed by atoms with E-state index in [0.717, 1.165) is 42.2 Å². The third-order valence-electron chi connectivity index (χ3n) is 5.71. The Morgan fingerprint density at radius 3 is 2.74 bits per heavy atom. The lowest BCUT2D eigenvalue weighted by molar-refractivity contribution is -0.383. The number of nitrogens with zero attached hydrogens (tertiary/aromatic N) is 3. The Kier molecular flexibility index (Phi) is 5.93. The van der Waals surface area contributed by atoms with Crippen molar-refractivity contribution in [3.8, 4) is 5.69 Å². The van der Waals surface area contributed by atoms with E-state index in [-0.39, 0.29) is 22.7 Å². The Labute approximate surface area is 202 Å². The number of nitrogens with one attached hydrogen (secondary N) is 1. The van der Waals surface area contributed by atoms with Crippen LogP contribution in [-0.2, 0) is 17.6 Å². The number of nitro benzene ring substituents is 1. The molecule has 0 aliphatic heterocycles. The van der Waals surface area contributed by atoms with Gasteiger partial charge in [0.25, 0.3) is 11.2 Å². The summed E-state index contributed by atoms with van der Waals surface area (Å²) >= 11 is 2.68. The molecule has 0 radical (unpaired) electrons. The fraction of sp³-hybridized carbons (Fsp3) is 0.208. The summed E-state index contributed by atoms with van der Waals surface area (Å²) in [6.07, 6.45) is 2.88. The molecule has 1 N–H and O–H groups in total. The quantitative estimate of drug-likeness (QED) is 0.178. The molecule has 2 aromatic carbocycles. The number of para-hydroxylation sites is 2. The molecule has 1 aliphatic carbocycles. The van der Waals surface area contributed by atoms with Crippen LogP contribution in [0.5, 0.6) is 0 Å². The van der Waals surface area contributed by atoms with E-state index in [1.807, 2.05) is 31.2 Å². The summed E-state index contributed by atoms with van der Waals surface area (Å²) in [5, 5.41) is 14.9. The molecule has 0 saturated carbocycles. The zero-order valence-corrected chi connectivity index (χ0v) is 19.9. The van der Waals surface area contributed by atoms with Gasteiger partial charge in [-0.05, 0) is 49.9 Å². The first-order chi connectivity index (χ1) is 16.4. The van der Waals surface area contributed by atoms with Crippen molar-refractivity contribution in [2.45, 2.75) is 31.3 Å². The van der Waals surface area contributed by atoms with Crippen LogP contribution in [-0.4, -0.2) is 26.1 Å². The molecule has 2 aromatic heterocycles. The van der Waals surface area contributed by atoms with Crippen LogP contribution in [0.2, 0.25) is 0 Å². The Bertz CT molecular complexity index is 1490. The van der Waals surface area contributed by atoms with E-state index < -0.39 is 10.8 Å². The number of hydrogen-bond acceptors (Lipinski definition) is 7. The van der Waals surface area contributed by atoms with Gasteiger partial charge >= 0.3 is 0 Å². The van der Waals surface area contributed by atoms with E-state index in [0.29, 0.717) is 21.1 Å². The normalized spacial score (nSPS) is 12.6. The lowest BCUT2D eigenvalue weighted by atomic mass is 10.2. The van der Waals surface area contributed by atoms with Crippen LogP contribution in [0, 0.1) is 17.0 Å². The third-order valence-corrected chi connectivity index (χ3v) is 7.83. The molecule has 4 aromatic rings. The minimum atomic E-state index is -0.538. The number of aromatic nitrogens is 2. The van der Waals surface area contributed by atoms with Crippen molar-refractivity contribution in [2.24, 2.45) is 0 Å². The van der Waals surface area contributed by atoms with E-state index in [1.54, 1.807) is 28.0 Å². The van der Waals surface area contributed by atoms with Crippen molar-refractivity contribution < 1.29 is 9.72 Å². The van der Waals surface area contributed by atoms with Crippen molar-refractivity contribution in [3.05, 3.63) is 85.0 Å². The van der Waals surface area contributed by atoms with Gasteiger partial charge in [0, 0.05) is 10.9 Å². The second kappa shape index (κ2) is 9.03. The molecule has 0 unspecified atom stereocenters. The smallest absolute Gasteiger partial charge is 0.292 e. The molecule has 34 heavy (non-hydrogen) atoms. The monoisotopic (exact) mass is 492 g/mol. The molecule has 0 bridgehead atoms. The Morgan fingerprint density at radius 1 is 1.21 bits per heavy atom. The number of nitro groups is 1. The van der Waals surface area contributed by atoms with Crippen LogP contribution in [0.3, 0.4) is 0 Å². The van der Waals surface area contributed by atoms with Gasteiger partial charge in [-0.25, -0.2) is 4.98 Å². The number of rotatable bonds is 6. The van der Waals surface area contributed by atoms with E-state index >= 15 is 0 Å². The van der Waals surface area contributed by atoms with Crippen LogP contribution < -0.4 is 10.9 Å². The number of carbonyl (C=O) groups is 1. The average molecular weight is 493 g/mol. The predicted molar refractivity (Wildman–Crippen MR) is 134 cm³/mol. The Balaban J connectivity index is 1.50. The molecule has 0 saturated heterocycles. The van der Waals surface area contributed by atoms with E-state index in [4.69, 9.17) is 4.98 Å². The minimum absolute atomic E-state index is 0.0546. The topological polar surface area (TPSA) is 107 Å². The molecule has 10 heteroatoms. The van der Waals surface area contributed by atoms with Crippen LogP contribution >= 0.6 is 23.1 Å². The van der Waals surface area contributed by atoms with Gasteiger partial charge in [0.15, 0.2) is 5.16 Å². The van der Waals surface area contributed by atoms with E-state index in [2.05, 4.69) is 5.32 Å². The second-order valence-corrected chi connectivity index (χ2v) is 10.0. The molecule has 172 valence electrons. The largest absolute Gasteiger partial charge is 0.320 e. The summed E-state index contributed by atoms with van der Waals surface area (Å²) in [6, 6.07) is 13.6. The molecule has 8 nitrogen and oxygen atoms in total. The summed E-state index contributed by atoms with van der Waals surface area (Å²) < 4.78 is 1.57. The van der Waals surface area contributed by atoms with Gasteiger partial charge < -0.3 is 5.32 Å². The fourth-order valence-electron chi connectivity index (χ4n) is 4.10. The molecule has 5 rings (SSSR count). The first-order valence-corrected chi connectivity index (χ1v) is 12.5. The van der Waals surface area contributed by atoms with Crippen LogP contribution in [0.4, 0.5) is 11.4 Å². The van der Waals surface area contributed by atoms with Gasteiger partial charge in [0.2, 0.25) is 5.91 Å². The third kappa shape index (κ3) is 4.10. The van der Waals surface area contributed by atoms with Crippen molar-refractivity contribution in [2.75, 3.05) is 11.1 Å². The SMILES string of the molecule is Cc1ccc(-n2c(SCC(=O)Nc3ccccc3[N+](=O)[O-])nc3sc4c(c3c2=O)CCC4)cc1. The predicted octanol–water partition coefficient (Wildman–Crippen LogP) is 4.88. The number of hydrogen-bond donors (Lipinski definition) is 1. The minimum Gasteiger partial charge on any atom is -0.320 e. The highest BCUT2D eigenvalue weighted by Gasteiger charge is 2.24. The zero-order chi connectivity index (χ0) is 23.8. The highest BCUT2D eigenvalue weighted by Crippen LogP contribution is 2.36. The summed E-state index contributed by atoms with van der Waals surface area (Å²) in [5.74, 6) is -0.473. The second-order valence-electron chi connectivity index (χ2n) is 8.02. The first kappa shape index (κ1) is 22.3. The van der Waals surface area contributed by atoms with Crippen LogP contribution in [0.15, 0.2) is 58.5 Å². The van der Waals surface area contributed by atoms with Crippen molar-refractivity contribution in [3.63, 3.8) is 0 Å². The Morgan fingerprint density at radius 2 is 1.97 bits per heavy atom. The fourth-order valence-corrected chi connectivity index (χ4v) is 6.21.